The number of rotatable bonds is 6. The first kappa shape index (κ1) is 17.1. The molecule has 2 fully saturated rings. The zero-order valence-electron chi connectivity index (χ0n) is 15.0. The van der Waals surface area contributed by atoms with Gasteiger partial charge in [-0.25, -0.2) is 0 Å². The second-order valence-corrected chi connectivity index (χ2v) is 6.85. The minimum Gasteiger partial charge on any atom is -0.490 e. The van der Waals surface area contributed by atoms with Crippen LogP contribution < -0.4 is 10.1 Å². The quantitative estimate of drug-likeness (QED) is 0.640. The van der Waals surface area contributed by atoms with Crippen LogP contribution in [-0.2, 0) is 6.42 Å². The van der Waals surface area contributed by atoms with Crippen LogP contribution in [-0.4, -0.2) is 43.1 Å². The van der Waals surface area contributed by atoms with Gasteiger partial charge in [-0.1, -0.05) is 12.1 Å². The highest BCUT2D eigenvalue weighted by Crippen LogP contribution is 2.24. The number of hydrogen-bond donors (Lipinski definition) is 1. The number of aliphatic imine (C=N–C) groups is 1. The van der Waals surface area contributed by atoms with E-state index >= 15 is 0 Å². The maximum absolute atomic E-state index is 6.03. The molecule has 132 valence electrons. The van der Waals surface area contributed by atoms with Gasteiger partial charge in [-0.2, -0.15) is 0 Å². The Hall–Kier alpha value is -1.71. The first-order valence-corrected chi connectivity index (χ1v) is 9.64. The minimum atomic E-state index is 0.434. The van der Waals surface area contributed by atoms with Crippen LogP contribution in [0, 0.1) is 0 Å². The molecule has 1 aliphatic carbocycles. The topological polar surface area (TPSA) is 36.9 Å². The smallest absolute Gasteiger partial charge is 0.193 e. The molecule has 24 heavy (non-hydrogen) atoms. The second-order valence-electron chi connectivity index (χ2n) is 6.85. The molecule has 4 nitrogen and oxygen atoms in total. The molecule has 3 rings (SSSR count). The van der Waals surface area contributed by atoms with Gasteiger partial charge >= 0.3 is 0 Å². The maximum Gasteiger partial charge on any atom is 0.193 e. The molecular formula is C20H31N3O. The summed E-state index contributed by atoms with van der Waals surface area (Å²) in [5, 5.41) is 3.42. The standard InChI is InChI=1S/C20H31N3O/c1-2-21-20(23-15-5-6-16-23)22-14-13-17-9-11-19(12-10-17)24-18-7-3-4-8-18/h9-12,18H,2-8,13-16H2,1H3,(H,21,22). The van der Waals surface area contributed by atoms with E-state index < -0.39 is 0 Å². The van der Waals surface area contributed by atoms with Crippen molar-refractivity contribution in [3.63, 3.8) is 0 Å². The summed E-state index contributed by atoms with van der Waals surface area (Å²) >= 11 is 0. The van der Waals surface area contributed by atoms with Crippen molar-refractivity contribution in [3.8, 4) is 5.75 Å². The van der Waals surface area contributed by atoms with Gasteiger partial charge in [0.2, 0.25) is 0 Å². The highest BCUT2D eigenvalue weighted by atomic mass is 16.5. The lowest BCUT2D eigenvalue weighted by atomic mass is 10.1. The maximum atomic E-state index is 6.03. The van der Waals surface area contributed by atoms with Crippen LogP contribution in [0.3, 0.4) is 0 Å². The average molecular weight is 329 g/mol. The Morgan fingerprint density at radius 3 is 2.50 bits per heavy atom. The van der Waals surface area contributed by atoms with Crippen molar-refractivity contribution in [2.45, 2.75) is 58.0 Å². The molecule has 4 heteroatoms. The molecule has 0 amide bonds. The van der Waals surface area contributed by atoms with E-state index in [2.05, 4.69) is 41.4 Å². The van der Waals surface area contributed by atoms with Crippen molar-refractivity contribution >= 4 is 5.96 Å². The number of nitrogens with one attached hydrogen (secondary N) is 1. The van der Waals surface area contributed by atoms with Crippen molar-refractivity contribution in [1.29, 1.82) is 0 Å². The Labute approximate surface area is 146 Å². The first-order valence-electron chi connectivity index (χ1n) is 9.64. The van der Waals surface area contributed by atoms with E-state index in [0.29, 0.717) is 6.10 Å². The summed E-state index contributed by atoms with van der Waals surface area (Å²) in [6.07, 6.45) is 9.02. The summed E-state index contributed by atoms with van der Waals surface area (Å²) < 4.78 is 6.03. The zero-order valence-corrected chi connectivity index (χ0v) is 15.0. The van der Waals surface area contributed by atoms with Gasteiger partial charge in [0.25, 0.3) is 0 Å². The summed E-state index contributed by atoms with van der Waals surface area (Å²) in [5.41, 5.74) is 1.33. The van der Waals surface area contributed by atoms with Crippen molar-refractivity contribution in [2.24, 2.45) is 4.99 Å². The lowest BCUT2D eigenvalue weighted by Crippen LogP contribution is -2.39. The predicted octanol–water partition coefficient (Wildman–Crippen LogP) is 3.61. The van der Waals surface area contributed by atoms with Gasteiger partial charge in [0, 0.05) is 26.2 Å². The van der Waals surface area contributed by atoms with E-state index in [1.54, 1.807) is 0 Å². The molecule has 0 unspecified atom stereocenters. The molecule has 0 aromatic heterocycles. The van der Waals surface area contributed by atoms with Crippen LogP contribution >= 0.6 is 0 Å². The molecule has 0 radical (unpaired) electrons. The van der Waals surface area contributed by atoms with Crippen LogP contribution in [0.5, 0.6) is 5.75 Å². The van der Waals surface area contributed by atoms with Gasteiger partial charge in [0.1, 0.15) is 5.75 Å². The monoisotopic (exact) mass is 329 g/mol. The number of likely N-dealkylation sites (tertiary alicyclic amines) is 1. The Morgan fingerprint density at radius 1 is 1.12 bits per heavy atom. The van der Waals surface area contributed by atoms with Crippen LogP contribution in [0.4, 0.5) is 0 Å². The molecule has 1 aromatic rings. The number of guanidine groups is 1. The van der Waals surface area contributed by atoms with E-state index in [1.165, 1.54) is 44.1 Å². The van der Waals surface area contributed by atoms with Gasteiger partial charge in [-0.15, -0.1) is 0 Å². The van der Waals surface area contributed by atoms with Gasteiger partial charge in [-0.3, -0.25) is 4.99 Å². The average Bonchev–Trinajstić information content (AvgIpc) is 3.29. The Bertz CT molecular complexity index is 514. The third kappa shape index (κ3) is 4.89. The van der Waals surface area contributed by atoms with Crippen LogP contribution in [0.25, 0.3) is 0 Å². The van der Waals surface area contributed by atoms with Crippen LogP contribution in [0.15, 0.2) is 29.3 Å². The fourth-order valence-electron chi connectivity index (χ4n) is 3.58. The Kier molecular flexibility index (Phi) is 6.39. The number of hydrogen-bond acceptors (Lipinski definition) is 2. The fraction of sp³-hybridized carbons (Fsp3) is 0.650. The molecule has 1 N–H and O–H groups in total. The van der Waals surface area contributed by atoms with Gasteiger partial charge in [0.15, 0.2) is 5.96 Å². The van der Waals surface area contributed by atoms with Crippen molar-refractivity contribution < 1.29 is 4.74 Å². The molecule has 0 atom stereocenters. The molecule has 2 aliphatic rings. The van der Waals surface area contributed by atoms with E-state index in [9.17, 15) is 0 Å². The van der Waals surface area contributed by atoms with Crippen molar-refractivity contribution in [2.75, 3.05) is 26.2 Å². The second kappa shape index (κ2) is 8.95. The fourth-order valence-corrected chi connectivity index (χ4v) is 3.58. The van der Waals surface area contributed by atoms with E-state index in [4.69, 9.17) is 9.73 Å². The molecule has 1 aliphatic heterocycles. The van der Waals surface area contributed by atoms with Gasteiger partial charge in [-0.05, 0) is 69.6 Å². The van der Waals surface area contributed by atoms with Gasteiger partial charge < -0.3 is 15.0 Å². The Morgan fingerprint density at radius 2 is 1.83 bits per heavy atom. The summed E-state index contributed by atoms with van der Waals surface area (Å²) in [6.45, 7) is 6.18. The summed E-state index contributed by atoms with van der Waals surface area (Å²) in [5.74, 6) is 2.09. The lowest BCUT2D eigenvalue weighted by Gasteiger charge is -2.20. The summed E-state index contributed by atoms with van der Waals surface area (Å²) in [6, 6.07) is 8.59. The van der Waals surface area contributed by atoms with Crippen molar-refractivity contribution in [1.82, 2.24) is 10.2 Å². The number of ether oxygens (including phenoxy) is 1. The van der Waals surface area contributed by atoms with E-state index in [-0.39, 0.29) is 0 Å². The van der Waals surface area contributed by atoms with Crippen LogP contribution in [0.2, 0.25) is 0 Å². The van der Waals surface area contributed by atoms with E-state index in [0.717, 1.165) is 44.3 Å². The van der Waals surface area contributed by atoms with E-state index in [1.807, 2.05) is 0 Å². The molecular weight excluding hydrogens is 298 g/mol. The normalized spacial score (nSPS) is 19.0. The first-order chi connectivity index (χ1) is 11.8. The van der Waals surface area contributed by atoms with Gasteiger partial charge in [0.05, 0.1) is 6.10 Å². The number of nitrogens with zero attached hydrogens (tertiary/aromatic N) is 2. The number of benzene rings is 1. The third-order valence-electron chi connectivity index (χ3n) is 4.93. The summed E-state index contributed by atoms with van der Waals surface area (Å²) in [7, 11) is 0. The highest BCUT2D eigenvalue weighted by molar-refractivity contribution is 5.80. The Balaban J connectivity index is 1.48. The van der Waals surface area contributed by atoms with Crippen LogP contribution in [0.1, 0.15) is 51.0 Å². The van der Waals surface area contributed by atoms with Crippen molar-refractivity contribution in [3.05, 3.63) is 29.8 Å². The summed E-state index contributed by atoms with van der Waals surface area (Å²) in [4.78, 5) is 7.17. The zero-order chi connectivity index (χ0) is 16.6. The third-order valence-corrected chi connectivity index (χ3v) is 4.93. The molecule has 1 saturated heterocycles. The molecule has 0 spiro atoms. The molecule has 1 saturated carbocycles. The predicted molar refractivity (Wildman–Crippen MR) is 99.8 cm³/mol. The SMILES string of the molecule is CCNC(=NCCc1ccc(OC2CCCC2)cc1)N1CCCC1. The highest BCUT2D eigenvalue weighted by Gasteiger charge is 2.16. The molecule has 1 heterocycles. The minimum absolute atomic E-state index is 0.434. The molecule has 0 bridgehead atoms. The lowest BCUT2D eigenvalue weighted by molar-refractivity contribution is 0.210. The molecule has 1 aromatic carbocycles. The largest absolute Gasteiger partial charge is 0.490 e.